The van der Waals surface area contributed by atoms with Gasteiger partial charge in [0, 0.05) is 18.7 Å². The Bertz CT molecular complexity index is 1290. The number of aromatic nitrogens is 3. The SMILES string of the molecule is Cc1cc(-c2cc(=O)n([C@@H](C)C(=O)NCCc3ccccc3F)nc2-c2ccco2)on1. The molecule has 0 saturated heterocycles. The van der Waals surface area contributed by atoms with Crippen LogP contribution in [0.2, 0.25) is 0 Å². The van der Waals surface area contributed by atoms with Gasteiger partial charge in [0.15, 0.2) is 11.5 Å². The van der Waals surface area contributed by atoms with Crippen LogP contribution >= 0.6 is 0 Å². The first-order chi connectivity index (χ1) is 15.4. The molecule has 164 valence electrons. The number of carbonyl (C=O) groups excluding carboxylic acids is 1. The van der Waals surface area contributed by atoms with Crippen molar-refractivity contribution in [3.63, 3.8) is 0 Å². The highest BCUT2D eigenvalue weighted by atomic mass is 19.1. The fourth-order valence-corrected chi connectivity index (χ4v) is 3.30. The van der Waals surface area contributed by atoms with Crippen molar-refractivity contribution in [1.29, 1.82) is 0 Å². The molecule has 0 aliphatic carbocycles. The monoisotopic (exact) mass is 436 g/mol. The molecule has 1 amide bonds. The summed E-state index contributed by atoms with van der Waals surface area (Å²) in [5, 5.41) is 11.0. The van der Waals surface area contributed by atoms with Crippen molar-refractivity contribution in [2.24, 2.45) is 0 Å². The highest BCUT2D eigenvalue weighted by molar-refractivity contribution is 5.80. The van der Waals surface area contributed by atoms with Gasteiger partial charge < -0.3 is 14.3 Å². The Balaban J connectivity index is 1.58. The van der Waals surface area contributed by atoms with Crippen LogP contribution in [0.1, 0.15) is 24.2 Å². The summed E-state index contributed by atoms with van der Waals surface area (Å²) < 4.78 is 25.6. The van der Waals surface area contributed by atoms with Gasteiger partial charge in [0.1, 0.15) is 17.6 Å². The molecule has 9 heteroatoms. The fourth-order valence-electron chi connectivity index (χ4n) is 3.30. The van der Waals surface area contributed by atoms with E-state index in [4.69, 9.17) is 8.94 Å². The van der Waals surface area contributed by atoms with E-state index in [9.17, 15) is 14.0 Å². The van der Waals surface area contributed by atoms with Gasteiger partial charge in [0.2, 0.25) is 5.91 Å². The molecule has 0 radical (unpaired) electrons. The number of halogens is 1. The molecule has 0 saturated carbocycles. The molecule has 1 aromatic carbocycles. The van der Waals surface area contributed by atoms with Crippen LogP contribution in [0.15, 0.2) is 68.5 Å². The molecule has 0 aliphatic heterocycles. The molecule has 3 heterocycles. The summed E-state index contributed by atoms with van der Waals surface area (Å²) in [5.74, 6) is 0.0428. The lowest BCUT2D eigenvalue weighted by atomic mass is 10.1. The van der Waals surface area contributed by atoms with Crippen LogP contribution in [-0.4, -0.2) is 27.4 Å². The summed E-state index contributed by atoms with van der Waals surface area (Å²) in [6.07, 6.45) is 1.82. The normalized spacial score (nSPS) is 12.0. The van der Waals surface area contributed by atoms with Gasteiger partial charge in [0.25, 0.3) is 5.56 Å². The quantitative estimate of drug-likeness (QED) is 0.475. The molecular weight excluding hydrogens is 415 g/mol. The van der Waals surface area contributed by atoms with Gasteiger partial charge >= 0.3 is 0 Å². The first-order valence-electron chi connectivity index (χ1n) is 10.1. The van der Waals surface area contributed by atoms with Gasteiger partial charge in [-0.2, -0.15) is 5.10 Å². The van der Waals surface area contributed by atoms with E-state index in [0.29, 0.717) is 40.5 Å². The summed E-state index contributed by atoms with van der Waals surface area (Å²) >= 11 is 0. The van der Waals surface area contributed by atoms with Crippen LogP contribution in [0.3, 0.4) is 0 Å². The smallest absolute Gasteiger partial charge is 0.268 e. The summed E-state index contributed by atoms with van der Waals surface area (Å²) in [6, 6.07) is 11.9. The third-order valence-corrected chi connectivity index (χ3v) is 5.00. The largest absolute Gasteiger partial charge is 0.463 e. The van der Waals surface area contributed by atoms with E-state index >= 15 is 0 Å². The molecule has 0 spiro atoms. The number of amides is 1. The number of benzene rings is 1. The average molecular weight is 436 g/mol. The molecule has 3 aromatic heterocycles. The molecular formula is C23H21FN4O4. The zero-order valence-corrected chi connectivity index (χ0v) is 17.5. The van der Waals surface area contributed by atoms with Crippen LogP contribution in [0.25, 0.3) is 22.8 Å². The highest BCUT2D eigenvalue weighted by Crippen LogP contribution is 2.30. The van der Waals surface area contributed by atoms with Gasteiger partial charge in [0.05, 0.1) is 17.5 Å². The van der Waals surface area contributed by atoms with E-state index in [1.807, 2.05) is 0 Å². The van der Waals surface area contributed by atoms with Crippen molar-refractivity contribution in [2.75, 3.05) is 6.54 Å². The van der Waals surface area contributed by atoms with E-state index in [1.54, 1.807) is 50.2 Å². The van der Waals surface area contributed by atoms with E-state index in [2.05, 4.69) is 15.6 Å². The van der Waals surface area contributed by atoms with E-state index in [1.165, 1.54) is 18.4 Å². The molecule has 4 rings (SSSR count). The number of hydrogen-bond acceptors (Lipinski definition) is 6. The maximum absolute atomic E-state index is 13.8. The predicted molar refractivity (Wildman–Crippen MR) is 114 cm³/mol. The topological polar surface area (TPSA) is 103 Å². The maximum Gasteiger partial charge on any atom is 0.268 e. The second kappa shape index (κ2) is 9.01. The Kier molecular flexibility index (Phi) is 5.98. The molecule has 8 nitrogen and oxygen atoms in total. The van der Waals surface area contributed by atoms with Crippen molar-refractivity contribution in [2.45, 2.75) is 26.3 Å². The zero-order chi connectivity index (χ0) is 22.7. The van der Waals surface area contributed by atoms with Crippen molar-refractivity contribution in [1.82, 2.24) is 20.3 Å². The standard InChI is InChI=1S/C23H21FN4O4/c1-14-12-20(32-27-14)17-13-21(29)28(26-22(17)19-8-5-11-31-19)15(2)23(30)25-10-9-16-6-3-4-7-18(16)24/h3-8,11-13,15H,9-10H2,1-2H3,(H,25,30)/t15-/m0/s1. The molecule has 0 aliphatic rings. The molecule has 0 fully saturated rings. The van der Waals surface area contributed by atoms with Crippen LogP contribution in [0.4, 0.5) is 4.39 Å². The van der Waals surface area contributed by atoms with Gasteiger partial charge in [-0.05, 0) is 44.0 Å². The van der Waals surface area contributed by atoms with Crippen molar-refractivity contribution >= 4 is 5.91 Å². The minimum Gasteiger partial charge on any atom is -0.463 e. The number of rotatable bonds is 7. The number of carbonyl (C=O) groups is 1. The molecule has 1 N–H and O–H groups in total. The summed E-state index contributed by atoms with van der Waals surface area (Å²) in [4.78, 5) is 25.5. The fraction of sp³-hybridized carbons (Fsp3) is 0.217. The van der Waals surface area contributed by atoms with Gasteiger partial charge in [-0.25, -0.2) is 9.07 Å². The third-order valence-electron chi connectivity index (χ3n) is 5.00. The van der Waals surface area contributed by atoms with Gasteiger partial charge in [-0.15, -0.1) is 0 Å². The Morgan fingerprint density at radius 2 is 2.00 bits per heavy atom. The lowest BCUT2D eigenvalue weighted by molar-refractivity contribution is -0.124. The Morgan fingerprint density at radius 1 is 1.19 bits per heavy atom. The van der Waals surface area contributed by atoms with Crippen molar-refractivity contribution in [3.05, 3.63) is 82.2 Å². The zero-order valence-electron chi connectivity index (χ0n) is 17.5. The average Bonchev–Trinajstić information content (AvgIpc) is 3.46. The number of hydrogen-bond donors (Lipinski definition) is 1. The van der Waals surface area contributed by atoms with Crippen molar-refractivity contribution < 1.29 is 18.1 Å². The maximum atomic E-state index is 13.8. The lowest BCUT2D eigenvalue weighted by Crippen LogP contribution is -2.38. The van der Waals surface area contributed by atoms with Crippen LogP contribution < -0.4 is 10.9 Å². The van der Waals surface area contributed by atoms with E-state index in [0.717, 1.165) is 4.68 Å². The predicted octanol–water partition coefficient (Wildman–Crippen LogP) is 3.53. The Hall–Kier alpha value is -4.01. The second-order valence-corrected chi connectivity index (χ2v) is 7.31. The molecule has 4 aromatic rings. The van der Waals surface area contributed by atoms with Crippen LogP contribution in [0.5, 0.6) is 0 Å². The lowest BCUT2D eigenvalue weighted by Gasteiger charge is -2.16. The first-order valence-corrected chi connectivity index (χ1v) is 10.1. The summed E-state index contributed by atoms with van der Waals surface area (Å²) in [6.45, 7) is 3.55. The third kappa shape index (κ3) is 4.36. The second-order valence-electron chi connectivity index (χ2n) is 7.31. The van der Waals surface area contributed by atoms with Gasteiger partial charge in [-0.1, -0.05) is 23.4 Å². The molecule has 1 atom stereocenters. The van der Waals surface area contributed by atoms with Gasteiger partial charge in [-0.3, -0.25) is 9.59 Å². The number of nitrogens with one attached hydrogen (secondary N) is 1. The summed E-state index contributed by atoms with van der Waals surface area (Å²) in [5.41, 5.74) is 1.42. The minimum atomic E-state index is -0.901. The number of furan rings is 1. The van der Waals surface area contributed by atoms with Crippen molar-refractivity contribution in [3.8, 4) is 22.8 Å². The minimum absolute atomic E-state index is 0.222. The van der Waals surface area contributed by atoms with Crippen LogP contribution in [0, 0.1) is 12.7 Å². The van der Waals surface area contributed by atoms with E-state index in [-0.39, 0.29) is 12.4 Å². The Labute approximate surface area is 182 Å². The number of nitrogens with zero attached hydrogens (tertiary/aromatic N) is 3. The van der Waals surface area contributed by atoms with E-state index < -0.39 is 17.5 Å². The number of aryl methyl sites for hydroxylation is 1. The molecule has 32 heavy (non-hydrogen) atoms. The summed E-state index contributed by atoms with van der Waals surface area (Å²) in [7, 11) is 0. The molecule has 0 bridgehead atoms. The molecule has 0 unspecified atom stereocenters. The Morgan fingerprint density at radius 3 is 2.69 bits per heavy atom. The first kappa shape index (κ1) is 21.2. The highest BCUT2D eigenvalue weighted by Gasteiger charge is 2.23. The van der Waals surface area contributed by atoms with Crippen LogP contribution in [-0.2, 0) is 11.2 Å².